The quantitative estimate of drug-likeness (QED) is 0.694. The molecule has 124 valence electrons. The number of aryl methyl sites for hydroxylation is 2. The molecule has 0 amide bonds. The van der Waals surface area contributed by atoms with E-state index in [0.29, 0.717) is 11.7 Å². The average molecular weight is 318 g/mol. The number of aromatic nitrogens is 2. The number of rotatable bonds is 8. The number of carbonyl (C=O) groups excluding carboxylic acids is 1. The fourth-order valence-corrected chi connectivity index (χ4v) is 1.95. The Morgan fingerprint density at radius 3 is 2.74 bits per heavy atom. The predicted octanol–water partition coefficient (Wildman–Crippen LogP) is 3.40. The van der Waals surface area contributed by atoms with Gasteiger partial charge in [0.25, 0.3) is 5.89 Å². The van der Waals surface area contributed by atoms with Crippen LogP contribution in [-0.2, 0) is 16.0 Å². The summed E-state index contributed by atoms with van der Waals surface area (Å²) in [6.45, 7) is 6.01. The second-order valence-corrected chi connectivity index (χ2v) is 5.34. The Morgan fingerprint density at radius 1 is 1.30 bits per heavy atom. The van der Waals surface area contributed by atoms with Crippen LogP contribution in [0, 0.1) is 6.92 Å². The lowest BCUT2D eigenvalue weighted by Crippen LogP contribution is -2.12. The van der Waals surface area contributed by atoms with Crippen LogP contribution in [0.5, 0.6) is 5.75 Å². The SMILES string of the molecule is CCCc1noc(C(C)OC(=O)CCOc2ccc(C)cc2)n1. The van der Waals surface area contributed by atoms with Gasteiger partial charge in [-0.25, -0.2) is 0 Å². The lowest BCUT2D eigenvalue weighted by Gasteiger charge is -2.10. The highest BCUT2D eigenvalue weighted by Crippen LogP contribution is 2.16. The Labute approximate surface area is 135 Å². The maximum absolute atomic E-state index is 11.8. The molecular weight excluding hydrogens is 296 g/mol. The minimum absolute atomic E-state index is 0.161. The van der Waals surface area contributed by atoms with E-state index in [1.54, 1.807) is 6.92 Å². The molecule has 2 rings (SSSR count). The third kappa shape index (κ3) is 5.39. The van der Waals surface area contributed by atoms with E-state index in [0.717, 1.165) is 24.2 Å². The van der Waals surface area contributed by atoms with Crippen LogP contribution in [-0.4, -0.2) is 22.7 Å². The third-order valence-electron chi connectivity index (χ3n) is 3.21. The maximum atomic E-state index is 11.8. The van der Waals surface area contributed by atoms with E-state index in [1.165, 1.54) is 0 Å². The Hall–Kier alpha value is -2.37. The van der Waals surface area contributed by atoms with Crippen molar-refractivity contribution in [2.24, 2.45) is 0 Å². The number of esters is 1. The molecule has 0 saturated carbocycles. The Balaban J connectivity index is 1.74. The molecule has 0 N–H and O–H groups in total. The molecule has 0 aliphatic carbocycles. The summed E-state index contributed by atoms with van der Waals surface area (Å²) in [4.78, 5) is 16.0. The fourth-order valence-electron chi connectivity index (χ4n) is 1.95. The summed E-state index contributed by atoms with van der Waals surface area (Å²) in [5.41, 5.74) is 1.16. The van der Waals surface area contributed by atoms with Crippen molar-refractivity contribution in [3.05, 3.63) is 41.5 Å². The topological polar surface area (TPSA) is 74.5 Å². The van der Waals surface area contributed by atoms with Gasteiger partial charge in [0, 0.05) is 6.42 Å². The van der Waals surface area contributed by atoms with Gasteiger partial charge in [0.05, 0.1) is 13.0 Å². The normalized spacial score (nSPS) is 12.0. The lowest BCUT2D eigenvalue weighted by atomic mass is 10.2. The summed E-state index contributed by atoms with van der Waals surface area (Å²) in [6.07, 6.45) is 1.28. The molecule has 0 bridgehead atoms. The molecule has 0 aliphatic heterocycles. The van der Waals surface area contributed by atoms with Crippen LogP contribution in [0.1, 0.15) is 50.1 Å². The summed E-state index contributed by atoms with van der Waals surface area (Å²) in [6, 6.07) is 7.66. The van der Waals surface area contributed by atoms with Gasteiger partial charge < -0.3 is 14.0 Å². The van der Waals surface area contributed by atoms with Crippen molar-refractivity contribution in [3.8, 4) is 5.75 Å². The Morgan fingerprint density at radius 2 is 2.04 bits per heavy atom. The van der Waals surface area contributed by atoms with Gasteiger partial charge in [0.2, 0.25) is 0 Å². The Bertz CT molecular complexity index is 622. The molecule has 1 heterocycles. The van der Waals surface area contributed by atoms with Crippen molar-refractivity contribution in [1.29, 1.82) is 0 Å². The van der Waals surface area contributed by atoms with E-state index < -0.39 is 6.10 Å². The number of nitrogens with zero attached hydrogens (tertiary/aromatic N) is 2. The van der Waals surface area contributed by atoms with Crippen molar-refractivity contribution in [2.45, 2.75) is 46.1 Å². The van der Waals surface area contributed by atoms with Gasteiger partial charge in [-0.2, -0.15) is 4.98 Å². The minimum Gasteiger partial charge on any atom is -0.493 e. The van der Waals surface area contributed by atoms with Crippen LogP contribution < -0.4 is 4.74 Å². The zero-order valence-corrected chi connectivity index (χ0v) is 13.7. The van der Waals surface area contributed by atoms with Crippen molar-refractivity contribution in [2.75, 3.05) is 6.61 Å². The van der Waals surface area contributed by atoms with Crippen molar-refractivity contribution < 1.29 is 18.8 Å². The first kappa shape index (κ1) is 17.0. The molecule has 6 nitrogen and oxygen atoms in total. The molecule has 1 aromatic carbocycles. The van der Waals surface area contributed by atoms with E-state index in [-0.39, 0.29) is 19.0 Å². The summed E-state index contributed by atoms with van der Waals surface area (Å²) in [7, 11) is 0. The third-order valence-corrected chi connectivity index (χ3v) is 3.21. The first-order valence-corrected chi connectivity index (χ1v) is 7.80. The first-order valence-electron chi connectivity index (χ1n) is 7.80. The highest BCUT2D eigenvalue weighted by atomic mass is 16.6. The molecule has 1 aromatic heterocycles. The zero-order chi connectivity index (χ0) is 16.7. The molecule has 2 aromatic rings. The summed E-state index contributed by atoms with van der Waals surface area (Å²) < 4.78 is 15.9. The summed E-state index contributed by atoms with van der Waals surface area (Å²) >= 11 is 0. The molecule has 0 fully saturated rings. The minimum atomic E-state index is -0.556. The van der Waals surface area contributed by atoms with Gasteiger partial charge in [-0.1, -0.05) is 29.8 Å². The van der Waals surface area contributed by atoms with Gasteiger partial charge in [-0.15, -0.1) is 0 Å². The van der Waals surface area contributed by atoms with Crippen LogP contribution in [0.15, 0.2) is 28.8 Å². The molecule has 0 aliphatic rings. The zero-order valence-electron chi connectivity index (χ0n) is 13.7. The van der Waals surface area contributed by atoms with E-state index in [9.17, 15) is 4.79 Å². The molecule has 1 unspecified atom stereocenters. The van der Waals surface area contributed by atoms with E-state index in [2.05, 4.69) is 10.1 Å². The fraction of sp³-hybridized carbons (Fsp3) is 0.471. The van der Waals surface area contributed by atoms with E-state index >= 15 is 0 Å². The number of ether oxygens (including phenoxy) is 2. The Kier molecular flexibility index (Phi) is 6.14. The highest BCUT2D eigenvalue weighted by molar-refractivity contribution is 5.69. The summed E-state index contributed by atoms with van der Waals surface area (Å²) in [5, 5.41) is 3.84. The molecule has 23 heavy (non-hydrogen) atoms. The standard InChI is InChI=1S/C17H22N2O4/c1-4-5-15-18-17(23-19-15)13(3)22-16(20)10-11-21-14-8-6-12(2)7-9-14/h6-9,13H,4-5,10-11H2,1-3H3. The molecule has 0 radical (unpaired) electrons. The average Bonchev–Trinajstić information content (AvgIpc) is 2.98. The van der Waals surface area contributed by atoms with Gasteiger partial charge in [0.1, 0.15) is 5.75 Å². The number of carbonyl (C=O) groups is 1. The summed E-state index contributed by atoms with van der Waals surface area (Å²) in [5.74, 6) is 1.33. The van der Waals surface area contributed by atoms with Crippen LogP contribution in [0.25, 0.3) is 0 Å². The van der Waals surface area contributed by atoms with E-state index in [1.807, 2.05) is 38.1 Å². The predicted molar refractivity (Wildman–Crippen MR) is 84.1 cm³/mol. The smallest absolute Gasteiger partial charge is 0.310 e. The van der Waals surface area contributed by atoms with Crippen molar-refractivity contribution in [1.82, 2.24) is 10.1 Å². The number of benzene rings is 1. The van der Waals surface area contributed by atoms with Crippen LogP contribution in [0.4, 0.5) is 0 Å². The van der Waals surface area contributed by atoms with Crippen molar-refractivity contribution in [3.63, 3.8) is 0 Å². The molecule has 0 saturated heterocycles. The monoisotopic (exact) mass is 318 g/mol. The van der Waals surface area contributed by atoms with Crippen LogP contribution in [0.2, 0.25) is 0 Å². The molecule has 6 heteroatoms. The highest BCUT2D eigenvalue weighted by Gasteiger charge is 2.18. The van der Waals surface area contributed by atoms with Gasteiger partial charge >= 0.3 is 5.97 Å². The molecule has 0 spiro atoms. The number of hydrogen-bond donors (Lipinski definition) is 0. The molecule has 1 atom stereocenters. The lowest BCUT2D eigenvalue weighted by molar-refractivity contribution is -0.150. The largest absolute Gasteiger partial charge is 0.493 e. The number of hydrogen-bond acceptors (Lipinski definition) is 6. The second-order valence-electron chi connectivity index (χ2n) is 5.34. The van der Waals surface area contributed by atoms with Crippen LogP contribution in [0.3, 0.4) is 0 Å². The van der Waals surface area contributed by atoms with E-state index in [4.69, 9.17) is 14.0 Å². The van der Waals surface area contributed by atoms with Gasteiger partial charge in [0.15, 0.2) is 11.9 Å². The van der Waals surface area contributed by atoms with Crippen LogP contribution >= 0.6 is 0 Å². The first-order chi connectivity index (χ1) is 11.1. The molecular formula is C17H22N2O4. The van der Waals surface area contributed by atoms with Gasteiger partial charge in [-0.05, 0) is 32.4 Å². The van der Waals surface area contributed by atoms with Crippen molar-refractivity contribution >= 4 is 5.97 Å². The van der Waals surface area contributed by atoms with Gasteiger partial charge in [-0.3, -0.25) is 4.79 Å². The maximum Gasteiger partial charge on any atom is 0.310 e. The second kappa shape index (κ2) is 8.31.